The average Bonchev–Trinajstić information content (AvgIpc) is 3.26. The second-order valence-corrected chi connectivity index (χ2v) is 15.6. The minimum Gasteiger partial charge on any atom is -0.505 e. The zero-order valence-corrected chi connectivity index (χ0v) is 34.8. The first kappa shape index (κ1) is 44.9. The third-order valence-corrected chi connectivity index (χ3v) is 11.3. The van der Waals surface area contributed by atoms with Crippen LogP contribution in [0.4, 0.5) is 39.8 Å². The molecule has 0 atom stereocenters. The van der Waals surface area contributed by atoms with Crippen LogP contribution in [0.1, 0.15) is 36.6 Å². The smallest absolute Gasteiger partial charge is 0.340 e. The van der Waals surface area contributed by atoms with Gasteiger partial charge in [-0.1, -0.05) is 12.1 Å². The highest BCUT2D eigenvalue weighted by Gasteiger charge is 2.30. The van der Waals surface area contributed by atoms with Crippen molar-refractivity contribution in [3.05, 3.63) is 89.0 Å². The maximum Gasteiger partial charge on any atom is 0.340 e. The highest BCUT2D eigenvalue weighted by molar-refractivity contribution is 7.87. The summed E-state index contributed by atoms with van der Waals surface area (Å²) in [5.74, 6) is -3.23. The topological polar surface area (TPSA) is 295 Å². The summed E-state index contributed by atoms with van der Waals surface area (Å²) in [5, 5.41) is 35.6. The molecule has 0 bridgehead atoms. The van der Waals surface area contributed by atoms with E-state index in [-0.39, 0.29) is 45.2 Å². The molecule has 21 nitrogen and oxygen atoms in total. The number of carbonyl (C=O) groups excluding carboxylic acids is 3. The largest absolute Gasteiger partial charge is 0.505 e. The molecule has 0 heterocycles. The Hall–Kier alpha value is -7.21. The van der Waals surface area contributed by atoms with Crippen LogP contribution in [-0.2, 0) is 42.8 Å². The van der Waals surface area contributed by atoms with Crippen molar-refractivity contribution < 1.29 is 63.6 Å². The lowest BCUT2D eigenvalue weighted by molar-refractivity contribution is 0.0588. The van der Waals surface area contributed by atoms with Crippen molar-refractivity contribution in [1.29, 1.82) is 0 Å². The zero-order chi connectivity index (χ0) is 44.8. The number of aromatic hydroxyl groups is 1. The van der Waals surface area contributed by atoms with Crippen molar-refractivity contribution in [1.82, 2.24) is 0 Å². The number of fused-ring (bicyclic) bond motifs is 1. The molecule has 0 aromatic heterocycles. The summed E-state index contributed by atoms with van der Waals surface area (Å²) in [7, 11) is -3.11. The Labute approximate surface area is 347 Å². The lowest BCUT2D eigenvalue weighted by Crippen LogP contribution is -2.07. The minimum absolute atomic E-state index is 0.102. The van der Waals surface area contributed by atoms with Gasteiger partial charge in [-0.2, -0.15) is 27.1 Å². The first-order valence-electron chi connectivity index (χ1n) is 17.1. The summed E-state index contributed by atoms with van der Waals surface area (Å²) in [6.45, 7) is 1.67. The van der Waals surface area contributed by atoms with E-state index in [2.05, 4.69) is 34.9 Å². The van der Waals surface area contributed by atoms with E-state index in [0.717, 1.165) is 58.8 Å². The molecule has 5 aromatic rings. The van der Waals surface area contributed by atoms with E-state index < -0.39 is 75.8 Å². The molecule has 0 fully saturated rings. The van der Waals surface area contributed by atoms with Gasteiger partial charge in [0.1, 0.15) is 38.3 Å². The van der Waals surface area contributed by atoms with Gasteiger partial charge < -0.3 is 29.8 Å². The van der Waals surface area contributed by atoms with Crippen LogP contribution in [0.2, 0.25) is 0 Å². The van der Waals surface area contributed by atoms with Crippen LogP contribution in [0.15, 0.2) is 107 Å². The van der Waals surface area contributed by atoms with Crippen molar-refractivity contribution in [2.45, 2.75) is 16.7 Å². The van der Waals surface area contributed by atoms with E-state index in [1.165, 1.54) is 32.4 Å². The number of ether oxygens (including phenoxy) is 4. The van der Waals surface area contributed by atoms with Crippen LogP contribution in [0.3, 0.4) is 0 Å². The first-order valence-corrected chi connectivity index (χ1v) is 19.9. The molecular formula is C38H35N7O14S2. The van der Waals surface area contributed by atoms with E-state index in [1.807, 2.05) is 0 Å². The molecule has 5 rings (SSSR count). The minimum atomic E-state index is -4.81. The van der Waals surface area contributed by atoms with Gasteiger partial charge in [0.2, 0.25) is 0 Å². The molecule has 3 N–H and O–H groups in total. The van der Waals surface area contributed by atoms with E-state index >= 15 is 0 Å². The Balaban J connectivity index is 1.71. The maximum absolute atomic E-state index is 13.4. The van der Waals surface area contributed by atoms with Gasteiger partial charge in [-0.15, -0.1) is 20.5 Å². The summed E-state index contributed by atoms with van der Waals surface area (Å²) in [4.78, 5) is 35.4. The zero-order valence-electron chi connectivity index (χ0n) is 33.2. The van der Waals surface area contributed by atoms with Crippen LogP contribution >= 0.6 is 0 Å². The molecule has 0 saturated carbocycles. The van der Waals surface area contributed by atoms with Crippen LogP contribution in [0.25, 0.3) is 10.8 Å². The number of nitrogen functional groups attached to an aromatic ring is 1. The number of hydrogen-bond donors (Lipinski definition) is 2. The molecule has 0 aliphatic heterocycles. The van der Waals surface area contributed by atoms with Crippen molar-refractivity contribution in [3.8, 4) is 11.5 Å². The van der Waals surface area contributed by atoms with Crippen molar-refractivity contribution in [3.63, 3.8) is 0 Å². The fourth-order valence-corrected chi connectivity index (χ4v) is 7.27. The van der Waals surface area contributed by atoms with Crippen molar-refractivity contribution >= 4 is 88.7 Å². The number of nitrogens with zero attached hydrogens (tertiary/aromatic N) is 6. The number of methoxy groups -OCH3 is 4. The SMILES string of the molecule is COC(=O)c1cc(N=Nc2c(S(=O)(=O)OC)cc3c(S(=O)(=O)OC)cc(N=Nc4cc(C)c(N=Nc5ccccc5C(=O)OC)cc4OC)c(N)c3c2O)cc(C(=O)OC)c1. The van der Waals surface area contributed by atoms with E-state index in [9.17, 15) is 36.3 Å². The van der Waals surface area contributed by atoms with Crippen LogP contribution in [-0.4, -0.2) is 82.5 Å². The Kier molecular flexibility index (Phi) is 13.5. The number of nitrogens with two attached hydrogens (primary N) is 1. The van der Waals surface area contributed by atoms with E-state index in [0.29, 0.717) is 11.3 Å². The Morgan fingerprint density at radius 3 is 1.75 bits per heavy atom. The molecule has 0 saturated heterocycles. The Morgan fingerprint density at radius 2 is 1.16 bits per heavy atom. The number of anilines is 1. The quantitative estimate of drug-likeness (QED) is 0.0355. The predicted molar refractivity (Wildman–Crippen MR) is 216 cm³/mol. The second kappa shape index (κ2) is 18.4. The third-order valence-electron chi connectivity index (χ3n) is 8.66. The number of benzene rings is 5. The van der Waals surface area contributed by atoms with Gasteiger partial charge >= 0.3 is 17.9 Å². The molecule has 0 radical (unpaired) electrons. The summed E-state index contributed by atoms with van der Waals surface area (Å²) in [6.07, 6.45) is 0. The molecule has 0 amide bonds. The van der Waals surface area contributed by atoms with E-state index in [1.54, 1.807) is 25.1 Å². The number of esters is 3. The summed E-state index contributed by atoms with van der Waals surface area (Å²) in [6, 6.07) is 14.6. The van der Waals surface area contributed by atoms with Crippen molar-refractivity contribution in [2.24, 2.45) is 30.7 Å². The molecular weight excluding hydrogens is 843 g/mol. The average molecular weight is 878 g/mol. The number of phenols is 1. The molecule has 318 valence electrons. The lowest BCUT2D eigenvalue weighted by Gasteiger charge is -2.16. The molecule has 0 spiro atoms. The van der Waals surface area contributed by atoms with Gasteiger partial charge in [0.15, 0.2) is 5.75 Å². The van der Waals surface area contributed by atoms with Gasteiger partial charge in [0.05, 0.1) is 81.8 Å². The maximum atomic E-state index is 13.4. The van der Waals surface area contributed by atoms with Gasteiger partial charge in [0, 0.05) is 11.5 Å². The normalized spacial score (nSPS) is 12.0. The second-order valence-electron chi connectivity index (χ2n) is 12.2. The molecule has 61 heavy (non-hydrogen) atoms. The number of aryl methyl sites for hydroxylation is 1. The Bertz CT molecular complexity index is 2880. The molecule has 0 aliphatic rings. The summed E-state index contributed by atoms with van der Waals surface area (Å²) in [5.41, 5.74) is 5.80. The van der Waals surface area contributed by atoms with Gasteiger partial charge in [-0.25, -0.2) is 14.4 Å². The highest BCUT2D eigenvalue weighted by atomic mass is 32.2. The third kappa shape index (κ3) is 9.33. The summed E-state index contributed by atoms with van der Waals surface area (Å²) >= 11 is 0. The first-order chi connectivity index (χ1) is 28.9. The predicted octanol–water partition coefficient (Wildman–Crippen LogP) is 7.72. The molecule has 0 aliphatic carbocycles. The molecule has 5 aromatic carbocycles. The number of azo groups is 3. The highest BCUT2D eigenvalue weighted by Crippen LogP contribution is 2.49. The summed E-state index contributed by atoms with van der Waals surface area (Å²) < 4.78 is 82.5. The number of carbonyl (C=O) groups is 3. The van der Waals surface area contributed by atoms with Gasteiger partial charge in [-0.3, -0.25) is 8.37 Å². The molecule has 23 heteroatoms. The van der Waals surface area contributed by atoms with Crippen LogP contribution in [0, 0.1) is 6.92 Å². The standard InChI is InChI=1S/C38H35N7O14S2/c1-19-12-27(29(54-2)17-26(19)42-41-25-11-9-8-10-23(25)38(49)57-5)43-44-28-18-30(60(50,51)58-6)24-16-31(61(52,53)59-7)34(35(46)32(24)33(28)39)45-40-22-14-20(36(47)55-3)13-21(15-22)37(48)56-4/h8-18,46H,39H2,1-7H3. The fourth-order valence-electron chi connectivity index (χ4n) is 5.58. The van der Waals surface area contributed by atoms with Gasteiger partial charge in [-0.05, 0) is 61.0 Å². The number of hydrogen-bond acceptors (Lipinski definition) is 21. The lowest BCUT2D eigenvalue weighted by atomic mass is 10.0. The monoisotopic (exact) mass is 877 g/mol. The fraction of sp³-hybridized carbons (Fsp3) is 0.184. The Morgan fingerprint density at radius 1 is 0.607 bits per heavy atom. The number of phenolic OH excluding ortho intramolecular Hbond substituents is 1. The number of rotatable bonds is 14. The van der Waals surface area contributed by atoms with Gasteiger partial charge in [0.25, 0.3) is 20.2 Å². The van der Waals surface area contributed by atoms with Crippen LogP contribution < -0.4 is 10.5 Å². The van der Waals surface area contributed by atoms with Crippen LogP contribution in [0.5, 0.6) is 11.5 Å². The van der Waals surface area contributed by atoms with Crippen molar-refractivity contribution in [2.75, 3.05) is 48.4 Å². The van der Waals surface area contributed by atoms with E-state index in [4.69, 9.17) is 28.9 Å². The molecule has 0 unspecified atom stereocenters.